The van der Waals surface area contributed by atoms with Gasteiger partial charge in [0.25, 0.3) is 5.91 Å². The normalized spacial score (nSPS) is 14.6. The van der Waals surface area contributed by atoms with Gasteiger partial charge in [-0.3, -0.25) is 9.69 Å². The third-order valence-electron chi connectivity index (χ3n) is 6.15. The number of hydrogen-bond donors (Lipinski definition) is 1. The molecule has 182 valence electrons. The number of halogens is 1. The number of nitrogens with zero attached hydrogens (tertiary/aromatic N) is 2. The summed E-state index contributed by atoms with van der Waals surface area (Å²) in [6, 6.07) is 16.4. The van der Waals surface area contributed by atoms with Crippen LogP contribution in [0.5, 0.6) is 0 Å². The smallest absolute Gasteiger partial charge is 0.373 e. The SMILES string of the molecule is COC(=O)c1ccc(CN2C(=O)N/C(=C\c3c(C)n(Cc4ccc(F)cc4)c4ccccc34)C2=O)o1. The number of esters is 1. The molecule has 0 bridgehead atoms. The van der Waals surface area contributed by atoms with Crippen LogP contribution in [0.2, 0.25) is 0 Å². The van der Waals surface area contributed by atoms with E-state index >= 15 is 0 Å². The number of aromatic nitrogens is 1. The molecule has 1 N–H and O–H groups in total. The lowest BCUT2D eigenvalue weighted by Crippen LogP contribution is -2.30. The maximum Gasteiger partial charge on any atom is 0.373 e. The van der Waals surface area contributed by atoms with Crippen LogP contribution in [0.3, 0.4) is 0 Å². The summed E-state index contributed by atoms with van der Waals surface area (Å²) < 4.78 is 25.5. The number of benzene rings is 2. The largest absolute Gasteiger partial charge is 0.463 e. The molecule has 2 aromatic carbocycles. The molecule has 0 saturated carbocycles. The van der Waals surface area contributed by atoms with Crippen LogP contribution in [0, 0.1) is 12.7 Å². The molecular weight excluding hydrogens is 465 g/mol. The van der Waals surface area contributed by atoms with Crippen molar-refractivity contribution in [2.24, 2.45) is 0 Å². The highest BCUT2D eigenvalue weighted by molar-refractivity contribution is 6.14. The molecule has 8 nitrogen and oxygen atoms in total. The number of amides is 3. The van der Waals surface area contributed by atoms with Crippen molar-refractivity contribution in [1.82, 2.24) is 14.8 Å². The molecule has 1 aliphatic rings. The predicted octanol–water partition coefficient (Wildman–Crippen LogP) is 4.61. The van der Waals surface area contributed by atoms with Gasteiger partial charge in [-0.1, -0.05) is 30.3 Å². The number of carbonyl (C=O) groups is 3. The Morgan fingerprint density at radius 2 is 1.81 bits per heavy atom. The van der Waals surface area contributed by atoms with Crippen molar-refractivity contribution in [3.05, 3.63) is 101 Å². The van der Waals surface area contributed by atoms with Gasteiger partial charge >= 0.3 is 12.0 Å². The minimum atomic E-state index is -0.647. The number of methoxy groups -OCH3 is 1. The van der Waals surface area contributed by atoms with E-state index in [1.54, 1.807) is 18.2 Å². The van der Waals surface area contributed by atoms with E-state index in [0.717, 1.165) is 32.6 Å². The Hall–Kier alpha value is -4.66. The van der Waals surface area contributed by atoms with Crippen molar-refractivity contribution >= 4 is 34.9 Å². The van der Waals surface area contributed by atoms with Crippen LogP contribution < -0.4 is 5.32 Å². The van der Waals surface area contributed by atoms with Gasteiger partial charge in [0.05, 0.1) is 13.7 Å². The van der Waals surface area contributed by atoms with Crippen molar-refractivity contribution in [2.45, 2.75) is 20.0 Å². The molecule has 0 atom stereocenters. The fraction of sp³-hybridized carbons (Fsp3) is 0.148. The molecule has 0 radical (unpaired) electrons. The van der Waals surface area contributed by atoms with E-state index in [4.69, 9.17) is 4.42 Å². The summed E-state index contributed by atoms with van der Waals surface area (Å²) in [7, 11) is 1.23. The first-order valence-electron chi connectivity index (χ1n) is 11.2. The van der Waals surface area contributed by atoms with Crippen molar-refractivity contribution in [3.8, 4) is 0 Å². The van der Waals surface area contributed by atoms with Crippen LogP contribution in [0.4, 0.5) is 9.18 Å². The second-order valence-electron chi connectivity index (χ2n) is 8.37. The maximum absolute atomic E-state index is 13.4. The number of nitrogens with one attached hydrogen (secondary N) is 1. The van der Waals surface area contributed by atoms with Crippen molar-refractivity contribution in [2.75, 3.05) is 7.11 Å². The zero-order valence-electron chi connectivity index (χ0n) is 19.6. The van der Waals surface area contributed by atoms with Crippen molar-refractivity contribution < 1.29 is 27.9 Å². The lowest BCUT2D eigenvalue weighted by Gasteiger charge is -2.09. The molecular formula is C27H22FN3O5. The number of furan rings is 1. The van der Waals surface area contributed by atoms with Gasteiger partial charge < -0.3 is 19.0 Å². The molecule has 0 aliphatic carbocycles. The molecule has 1 aliphatic heterocycles. The van der Waals surface area contributed by atoms with Gasteiger partial charge in [-0.25, -0.2) is 14.0 Å². The Kier molecular flexibility index (Phi) is 5.89. The van der Waals surface area contributed by atoms with Crippen molar-refractivity contribution in [3.63, 3.8) is 0 Å². The standard InChI is InChI=1S/C27H22FN3O5/c1-16-21(20-5-3-4-6-23(20)30(16)14-17-7-9-18(28)10-8-17)13-22-25(32)31(27(34)29-22)15-19-11-12-24(36-19)26(33)35-2/h3-13H,14-15H2,1-2H3,(H,29,34)/b22-13-. The Bertz CT molecular complexity index is 1530. The summed E-state index contributed by atoms with van der Waals surface area (Å²) in [5, 5.41) is 3.55. The van der Waals surface area contributed by atoms with E-state index in [1.165, 1.54) is 31.4 Å². The minimum absolute atomic E-state index is 0.0140. The summed E-state index contributed by atoms with van der Waals surface area (Å²) in [5.41, 5.74) is 3.70. The van der Waals surface area contributed by atoms with Gasteiger partial charge in [0.15, 0.2) is 0 Å². The van der Waals surface area contributed by atoms with Gasteiger partial charge in [0.2, 0.25) is 5.76 Å². The van der Waals surface area contributed by atoms with Gasteiger partial charge in [-0.15, -0.1) is 0 Å². The Morgan fingerprint density at radius 1 is 1.06 bits per heavy atom. The summed E-state index contributed by atoms with van der Waals surface area (Å²) in [6.07, 6.45) is 1.67. The van der Waals surface area contributed by atoms with Crippen LogP contribution in [0.15, 0.2) is 70.8 Å². The molecule has 3 amide bonds. The first-order chi connectivity index (χ1) is 17.4. The third kappa shape index (κ3) is 4.15. The zero-order valence-corrected chi connectivity index (χ0v) is 19.6. The van der Waals surface area contributed by atoms with Crippen LogP contribution in [0.1, 0.15) is 33.1 Å². The van der Waals surface area contributed by atoms with Crippen LogP contribution >= 0.6 is 0 Å². The number of para-hydroxylation sites is 1. The topological polar surface area (TPSA) is 93.8 Å². The van der Waals surface area contributed by atoms with Gasteiger partial charge in [-0.05, 0) is 48.9 Å². The molecule has 0 unspecified atom stereocenters. The van der Waals surface area contributed by atoms with Crippen LogP contribution in [-0.2, 0) is 22.6 Å². The molecule has 4 aromatic rings. The first kappa shape index (κ1) is 23.1. The Morgan fingerprint density at radius 3 is 2.56 bits per heavy atom. The number of fused-ring (bicyclic) bond motifs is 1. The fourth-order valence-electron chi connectivity index (χ4n) is 4.30. The summed E-state index contributed by atoms with van der Waals surface area (Å²) >= 11 is 0. The maximum atomic E-state index is 13.4. The second-order valence-corrected chi connectivity index (χ2v) is 8.37. The molecule has 1 saturated heterocycles. The van der Waals surface area contributed by atoms with Crippen LogP contribution in [-0.4, -0.2) is 34.5 Å². The van der Waals surface area contributed by atoms with E-state index < -0.39 is 17.9 Å². The van der Waals surface area contributed by atoms with Crippen LogP contribution in [0.25, 0.3) is 17.0 Å². The monoisotopic (exact) mass is 487 g/mol. The summed E-state index contributed by atoms with van der Waals surface area (Å²) in [4.78, 5) is 38.3. The molecule has 3 heterocycles. The second kappa shape index (κ2) is 9.18. The number of hydrogen-bond acceptors (Lipinski definition) is 5. The molecule has 1 fully saturated rings. The Balaban J connectivity index is 1.46. The number of carbonyl (C=O) groups excluding carboxylic acids is 3. The van der Waals surface area contributed by atoms with Crippen molar-refractivity contribution in [1.29, 1.82) is 0 Å². The number of rotatable bonds is 6. The highest BCUT2D eigenvalue weighted by atomic mass is 19.1. The van der Waals surface area contributed by atoms with E-state index in [9.17, 15) is 18.8 Å². The number of ether oxygens (including phenoxy) is 1. The zero-order chi connectivity index (χ0) is 25.4. The molecule has 9 heteroatoms. The van der Waals surface area contributed by atoms with Gasteiger partial charge in [0, 0.05) is 28.7 Å². The molecule has 36 heavy (non-hydrogen) atoms. The number of imide groups is 1. The average Bonchev–Trinajstić information content (AvgIpc) is 3.53. The highest BCUT2D eigenvalue weighted by Gasteiger charge is 2.35. The first-order valence-corrected chi connectivity index (χ1v) is 11.2. The lowest BCUT2D eigenvalue weighted by molar-refractivity contribution is -0.123. The molecule has 5 rings (SSSR count). The van der Waals surface area contributed by atoms with E-state index in [1.807, 2.05) is 31.2 Å². The van der Waals surface area contributed by atoms with E-state index in [-0.39, 0.29) is 29.6 Å². The van der Waals surface area contributed by atoms with Gasteiger partial charge in [0.1, 0.15) is 17.3 Å². The quantitative estimate of drug-likeness (QED) is 0.244. The Labute approximate surface area is 205 Å². The molecule has 2 aromatic heterocycles. The molecule has 0 spiro atoms. The minimum Gasteiger partial charge on any atom is -0.463 e. The highest BCUT2D eigenvalue weighted by Crippen LogP contribution is 2.30. The fourth-order valence-corrected chi connectivity index (χ4v) is 4.30. The van der Waals surface area contributed by atoms with E-state index in [2.05, 4.69) is 14.6 Å². The number of urea groups is 1. The summed E-state index contributed by atoms with van der Waals surface area (Å²) in [5.74, 6) is -1.20. The lowest BCUT2D eigenvalue weighted by atomic mass is 10.1. The summed E-state index contributed by atoms with van der Waals surface area (Å²) in [6.45, 7) is 2.32. The average molecular weight is 487 g/mol. The van der Waals surface area contributed by atoms with E-state index in [0.29, 0.717) is 6.54 Å². The third-order valence-corrected chi connectivity index (χ3v) is 6.15. The van der Waals surface area contributed by atoms with Gasteiger partial charge in [-0.2, -0.15) is 0 Å². The predicted molar refractivity (Wildman–Crippen MR) is 129 cm³/mol.